The molecule has 0 saturated heterocycles. The van der Waals surface area contributed by atoms with E-state index in [0.717, 1.165) is 18.4 Å². The summed E-state index contributed by atoms with van der Waals surface area (Å²) >= 11 is 0. The Bertz CT molecular complexity index is 607. The lowest BCUT2D eigenvalue weighted by atomic mass is 10.1. The predicted octanol–water partition coefficient (Wildman–Crippen LogP) is 1.47. The summed E-state index contributed by atoms with van der Waals surface area (Å²) < 4.78 is 27.9. The summed E-state index contributed by atoms with van der Waals surface area (Å²) in [7, 11) is -3.69. The molecule has 1 atom stereocenters. The van der Waals surface area contributed by atoms with E-state index in [1.807, 2.05) is 6.92 Å². The van der Waals surface area contributed by atoms with Gasteiger partial charge in [0.05, 0.1) is 17.0 Å². The molecule has 0 heterocycles. The molecule has 3 N–H and O–H groups in total. The highest BCUT2D eigenvalue weighted by atomic mass is 32.2. The van der Waals surface area contributed by atoms with E-state index in [0.29, 0.717) is 0 Å². The zero-order valence-electron chi connectivity index (χ0n) is 12.6. The minimum absolute atomic E-state index is 0.0549. The molecule has 1 fully saturated rings. The topological polar surface area (TPSA) is 98.5 Å². The molecule has 7 heteroatoms. The second-order valence-corrected chi connectivity index (χ2v) is 7.18. The molecule has 1 aromatic rings. The van der Waals surface area contributed by atoms with Crippen molar-refractivity contribution in [3.8, 4) is 0 Å². The minimum Gasteiger partial charge on any atom is -0.368 e. The van der Waals surface area contributed by atoms with Gasteiger partial charge in [-0.2, -0.15) is 0 Å². The number of primary sulfonamides is 1. The zero-order valence-corrected chi connectivity index (χ0v) is 13.4. The minimum atomic E-state index is -3.69. The maximum atomic E-state index is 11.9. The van der Waals surface area contributed by atoms with Crippen molar-refractivity contribution in [1.82, 2.24) is 5.32 Å². The quantitative estimate of drug-likeness (QED) is 0.827. The predicted molar refractivity (Wildman–Crippen MR) is 82.6 cm³/mol. The summed E-state index contributed by atoms with van der Waals surface area (Å²) in [4.78, 5) is 11.9. The first kappa shape index (κ1) is 16.9. The molecule has 6 nitrogen and oxygen atoms in total. The number of amides is 1. The number of benzene rings is 1. The van der Waals surface area contributed by atoms with Crippen LogP contribution in [0.1, 0.15) is 44.2 Å². The van der Waals surface area contributed by atoms with Gasteiger partial charge in [-0.3, -0.25) is 4.79 Å². The molecular weight excluding hydrogens is 304 g/mol. The second-order valence-electron chi connectivity index (χ2n) is 5.62. The smallest absolute Gasteiger partial charge is 0.246 e. The van der Waals surface area contributed by atoms with Gasteiger partial charge < -0.3 is 10.1 Å². The molecule has 22 heavy (non-hydrogen) atoms. The molecule has 0 spiro atoms. The largest absolute Gasteiger partial charge is 0.368 e. The van der Waals surface area contributed by atoms with Crippen LogP contribution in [0.3, 0.4) is 0 Å². The summed E-state index contributed by atoms with van der Waals surface area (Å²) in [6.45, 7) is 1.89. The lowest BCUT2D eigenvalue weighted by Crippen LogP contribution is -2.31. The van der Waals surface area contributed by atoms with Crippen LogP contribution in [0.2, 0.25) is 0 Å². The zero-order chi connectivity index (χ0) is 16.2. The SMILES string of the molecule is CC(NC(=O)COC1CCCC1)c1ccc(S(N)(=O)=O)cc1. The van der Waals surface area contributed by atoms with Crippen LogP contribution in [-0.2, 0) is 19.6 Å². The third-order valence-corrected chi connectivity index (χ3v) is 4.77. The average Bonchev–Trinajstić information content (AvgIpc) is 2.97. The van der Waals surface area contributed by atoms with Crippen molar-refractivity contribution in [2.45, 2.75) is 49.6 Å². The van der Waals surface area contributed by atoms with Gasteiger partial charge >= 0.3 is 0 Å². The van der Waals surface area contributed by atoms with Gasteiger partial charge in [0.1, 0.15) is 6.61 Å². The van der Waals surface area contributed by atoms with Crippen LogP contribution in [0.15, 0.2) is 29.2 Å². The van der Waals surface area contributed by atoms with Crippen molar-refractivity contribution in [2.24, 2.45) is 5.14 Å². The van der Waals surface area contributed by atoms with Gasteiger partial charge in [0.2, 0.25) is 15.9 Å². The number of ether oxygens (including phenoxy) is 1. The summed E-state index contributed by atoms with van der Waals surface area (Å²) in [5, 5.41) is 7.88. The molecule has 0 bridgehead atoms. The van der Waals surface area contributed by atoms with Gasteiger partial charge in [-0.25, -0.2) is 13.6 Å². The van der Waals surface area contributed by atoms with Crippen molar-refractivity contribution in [2.75, 3.05) is 6.61 Å². The third-order valence-electron chi connectivity index (χ3n) is 3.84. The first-order valence-electron chi connectivity index (χ1n) is 7.40. The maximum Gasteiger partial charge on any atom is 0.246 e. The van der Waals surface area contributed by atoms with Gasteiger partial charge in [0, 0.05) is 0 Å². The number of nitrogens with two attached hydrogens (primary N) is 1. The van der Waals surface area contributed by atoms with Crippen molar-refractivity contribution >= 4 is 15.9 Å². The van der Waals surface area contributed by atoms with E-state index in [-0.39, 0.29) is 29.6 Å². The summed E-state index contributed by atoms with van der Waals surface area (Å²) in [5.41, 5.74) is 0.807. The number of hydrogen-bond donors (Lipinski definition) is 2. The highest BCUT2D eigenvalue weighted by molar-refractivity contribution is 7.89. The van der Waals surface area contributed by atoms with Crippen LogP contribution in [-0.4, -0.2) is 27.0 Å². The maximum absolute atomic E-state index is 11.9. The van der Waals surface area contributed by atoms with E-state index in [9.17, 15) is 13.2 Å². The van der Waals surface area contributed by atoms with E-state index in [1.54, 1.807) is 12.1 Å². The Balaban J connectivity index is 1.85. The average molecular weight is 326 g/mol. The lowest BCUT2D eigenvalue weighted by Gasteiger charge is -2.16. The van der Waals surface area contributed by atoms with E-state index >= 15 is 0 Å². The van der Waals surface area contributed by atoms with Crippen LogP contribution >= 0.6 is 0 Å². The third kappa shape index (κ3) is 4.79. The van der Waals surface area contributed by atoms with Crippen molar-refractivity contribution in [1.29, 1.82) is 0 Å². The van der Waals surface area contributed by atoms with Gasteiger partial charge in [0.25, 0.3) is 0 Å². The van der Waals surface area contributed by atoms with E-state index in [1.165, 1.54) is 25.0 Å². The van der Waals surface area contributed by atoms with Gasteiger partial charge in [0.15, 0.2) is 0 Å². The highest BCUT2D eigenvalue weighted by Gasteiger charge is 2.17. The molecule has 1 aromatic carbocycles. The van der Waals surface area contributed by atoms with E-state index in [4.69, 9.17) is 9.88 Å². The van der Waals surface area contributed by atoms with Crippen LogP contribution in [0.4, 0.5) is 0 Å². The van der Waals surface area contributed by atoms with Crippen molar-refractivity contribution < 1.29 is 17.9 Å². The molecule has 1 aliphatic carbocycles. The fraction of sp³-hybridized carbons (Fsp3) is 0.533. The van der Waals surface area contributed by atoms with Crippen molar-refractivity contribution in [3.63, 3.8) is 0 Å². The molecule has 1 unspecified atom stereocenters. The fourth-order valence-corrected chi connectivity index (χ4v) is 3.08. The molecule has 2 rings (SSSR count). The second kappa shape index (κ2) is 7.21. The van der Waals surface area contributed by atoms with E-state index < -0.39 is 10.0 Å². The van der Waals surface area contributed by atoms with Crippen molar-refractivity contribution in [3.05, 3.63) is 29.8 Å². The molecule has 1 aliphatic rings. The van der Waals surface area contributed by atoms with Gasteiger partial charge in [-0.1, -0.05) is 25.0 Å². The van der Waals surface area contributed by atoms with Crippen LogP contribution in [0.25, 0.3) is 0 Å². The highest BCUT2D eigenvalue weighted by Crippen LogP contribution is 2.21. The van der Waals surface area contributed by atoms with Crippen LogP contribution < -0.4 is 10.5 Å². The van der Waals surface area contributed by atoms with E-state index in [2.05, 4.69) is 5.32 Å². The summed E-state index contributed by atoms with van der Waals surface area (Å²) in [5.74, 6) is -0.171. The van der Waals surface area contributed by atoms with Crippen LogP contribution in [0, 0.1) is 0 Å². The molecule has 122 valence electrons. The summed E-state index contributed by atoms with van der Waals surface area (Å²) in [6.07, 6.45) is 4.59. The molecule has 1 saturated carbocycles. The first-order chi connectivity index (χ1) is 10.4. The normalized spacial score (nSPS) is 17.4. The fourth-order valence-electron chi connectivity index (χ4n) is 2.56. The molecule has 0 aromatic heterocycles. The number of sulfonamides is 1. The summed E-state index contributed by atoms with van der Waals surface area (Å²) in [6, 6.07) is 5.92. The Hall–Kier alpha value is -1.44. The first-order valence-corrected chi connectivity index (χ1v) is 8.94. The molecule has 0 radical (unpaired) electrons. The number of carbonyl (C=O) groups is 1. The number of nitrogens with one attached hydrogen (secondary N) is 1. The Labute approximate surface area is 131 Å². The van der Waals surface area contributed by atoms with Crippen LogP contribution in [0.5, 0.6) is 0 Å². The van der Waals surface area contributed by atoms with Gasteiger partial charge in [-0.05, 0) is 37.5 Å². The Kier molecular flexibility index (Phi) is 5.55. The lowest BCUT2D eigenvalue weighted by molar-refractivity contribution is -0.128. The Morgan fingerprint density at radius 3 is 2.45 bits per heavy atom. The van der Waals surface area contributed by atoms with Gasteiger partial charge in [-0.15, -0.1) is 0 Å². The standard InChI is InChI=1S/C15H22N2O4S/c1-11(12-6-8-14(9-7-12)22(16,19)20)17-15(18)10-21-13-4-2-3-5-13/h6-9,11,13H,2-5,10H2,1H3,(H,17,18)(H2,16,19,20). The molecule has 1 amide bonds. The number of rotatable bonds is 6. The Morgan fingerprint density at radius 1 is 1.32 bits per heavy atom. The number of hydrogen-bond acceptors (Lipinski definition) is 4. The number of carbonyl (C=O) groups excluding carboxylic acids is 1. The Morgan fingerprint density at radius 2 is 1.91 bits per heavy atom. The molecular formula is C15H22N2O4S. The monoisotopic (exact) mass is 326 g/mol. The molecule has 0 aliphatic heterocycles.